The van der Waals surface area contributed by atoms with Crippen LogP contribution in [0, 0.1) is 12.3 Å². The average molecular weight is 325 g/mol. The van der Waals surface area contributed by atoms with Crippen LogP contribution in [-0.2, 0) is 13.5 Å². The molecule has 0 unspecified atom stereocenters. The highest BCUT2D eigenvalue weighted by Gasteiger charge is 2.18. The first-order chi connectivity index (χ1) is 11.2. The summed E-state index contributed by atoms with van der Waals surface area (Å²) in [5, 5.41) is 0. The van der Waals surface area contributed by atoms with Crippen molar-refractivity contribution in [2.75, 3.05) is 0 Å². The molecule has 0 saturated heterocycles. The van der Waals surface area contributed by atoms with Gasteiger partial charge in [-0.25, -0.2) is 4.57 Å². The van der Waals surface area contributed by atoms with Crippen LogP contribution >= 0.6 is 0 Å². The lowest BCUT2D eigenvalue weighted by atomic mass is 9.87. The Morgan fingerprint density at radius 1 is 1.00 bits per heavy atom. The van der Waals surface area contributed by atoms with Crippen molar-refractivity contribution in [3.63, 3.8) is 0 Å². The fourth-order valence-electron chi connectivity index (χ4n) is 3.53. The molecule has 1 aromatic carbocycles. The number of aryl methyl sites for hydroxylation is 2. The molecule has 1 aromatic heterocycles. The minimum absolute atomic E-state index is 0.309. The Bertz CT molecular complexity index is 688. The van der Waals surface area contributed by atoms with E-state index in [2.05, 4.69) is 89.7 Å². The van der Waals surface area contributed by atoms with Crippen molar-refractivity contribution in [1.82, 2.24) is 0 Å². The number of rotatable bonds is 5. The van der Waals surface area contributed by atoms with Gasteiger partial charge in [0.25, 0.3) is 0 Å². The van der Waals surface area contributed by atoms with Gasteiger partial charge < -0.3 is 0 Å². The van der Waals surface area contributed by atoms with E-state index in [0.717, 1.165) is 6.42 Å². The summed E-state index contributed by atoms with van der Waals surface area (Å²) in [4.78, 5) is 0. The molecule has 0 N–H and O–H groups in total. The standard InChI is InChI=1S/C23H34N/c1-8-19(9-2)20-11-10-17(3)21(15-20)22-14-18(12-13-24(22)7)16-23(4,5)6/h10-15,19H,8-9,16H2,1-7H3/q+1. The lowest BCUT2D eigenvalue weighted by Gasteiger charge is -2.18. The van der Waals surface area contributed by atoms with Gasteiger partial charge in [0.15, 0.2) is 6.20 Å². The minimum Gasteiger partial charge on any atom is -0.201 e. The summed E-state index contributed by atoms with van der Waals surface area (Å²) in [5.41, 5.74) is 7.25. The van der Waals surface area contributed by atoms with Gasteiger partial charge in [-0.1, -0.05) is 46.8 Å². The Hall–Kier alpha value is -1.63. The molecule has 130 valence electrons. The zero-order chi connectivity index (χ0) is 17.9. The molecule has 2 rings (SSSR count). The summed E-state index contributed by atoms with van der Waals surface area (Å²) in [6.07, 6.45) is 5.72. The largest absolute Gasteiger partial charge is 0.212 e. The molecule has 1 heterocycles. The molecule has 0 bridgehead atoms. The lowest BCUT2D eigenvalue weighted by molar-refractivity contribution is -0.660. The van der Waals surface area contributed by atoms with Crippen LogP contribution in [0.1, 0.15) is 70.1 Å². The van der Waals surface area contributed by atoms with Gasteiger partial charge in [0.05, 0.1) is 0 Å². The first-order valence-electron chi connectivity index (χ1n) is 9.34. The van der Waals surface area contributed by atoms with Crippen LogP contribution in [0.4, 0.5) is 0 Å². The third-order valence-electron chi connectivity index (χ3n) is 4.94. The fraction of sp³-hybridized carbons (Fsp3) is 0.522. The van der Waals surface area contributed by atoms with E-state index in [4.69, 9.17) is 0 Å². The third-order valence-corrected chi connectivity index (χ3v) is 4.94. The second-order valence-electron chi connectivity index (χ2n) is 8.36. The van der Waals surface area contributed by atoms with E-state index in [1.807, 2.05) is 0 Å². The Labute approximate surface area is 148 Å². The molecule has 2 aromatic rings. The number of pyridine rings is 1. The van der Waals surface area contributed by atoms with E-state index < -0.39 is 0 Å². The van der Waals surface area contributed by atoms with Gasteiger partial charge in [-0.05, 0) is 60.3 Å². The van der Waals surface area contributed by atoms with Crippen LogP contribution < -0.4 is 4.57 Å². The normalized spacial score (nSPS) is 12.0. The second kappa shape index (κ2) is 7.51. The first-order valence-corrected chi connectivity index (χ1v) is 9.34. The van der Waals surface area contributed by atoms with Gasteiger partial charge >= 0.3 is 0 Å². The summed E-state index contributed by atoms with van der Waals surface area (Å²) in [6.45, 7) is 13.7. The van der Waals surface area contributed by atoms with E-state index in [-0.39, 0.29) is 0 Å². The average Bonchev–Trinajstić information content (AvgIpc) is 2.51. The number of aromatic nitrogens is 1. The predicted octanol–water partition coefficient (Wildman–Crippen LogP) is 5.98. The van der Waals surface area contributed by atoms with E-state index in [1.165, 1.54) is 40.8 Å². The van der Waals surface area contributed by atoms with Crippen LogP contribution in [0.25, 0.3) is 11.3 Å². The monoisotopic (exact) mass is 324 g/mol. The van der Waals surface area contributed by atoms with Gasteiger partial charge in [0.1, 0.15) is 7.05 Å². The van der Waals surface area contributed by atoms with E-state index in [9.17, 15) is 0 Å². The maximum absolute atomic E-state index is 2.42. The van der Waals surface area contributed by atoms with Gasteiger partial charge in [-0.2, -0.15) is 0 Å². The molecule has 0 spiro atoms. The van der Waals surface area contributed by atoms with Gasteiger partial charge in [-0.15, -0.1) is 0 Å². The number of nitrogens with zero attached hydrogens (tertiary/aromatic N) is 1. The van der Waals surface area contributed by atoms with Gasteiger partial charge in [0, 0.05) is 17.7 Å². The maximum Gasteiger partial charge on any atom is 0.212 e. The highest BCUT2D eigenvalue weighted by molar-refractivity contribution is 5.63. The van der Waals surface area contributed by atoms with E-state index in [1.54, 1.807) is 0 Å². The number of benzene rings is 1. The summed E-state index contributed by atoms with van der Waals surface area (Å²) in [5.74, 6) is 0.660. The molecule has 0 radical (unpaired) electrons. The van der Waals surface area contributed by atoms with E-state index >= 15 is 0 Å². The first kappa shape index (κ1) is 18.7. The summed E-state index contributed by atoms with van der Waals surface area (Å²) in [6, 6.07) is 11.7. The number of hydrogen-bond acceptors (Lipinski definition) is 0. The topological polar surface area (TPSA) is 3.88 Å². The summed E-state index contributed by atoms with van der Waals surface area (Å²) < 4.78 is 2.26. The van der Waals surface area contributed by atoms with Crippen LogP contribution in [0.5, 0.6) is 0 Å². The maximum atomic E-state index is 2.42. The molecule has 0 saturated carbocycles. The van der Waals surface area contributed by atoms with Crippen LogP contribution in [0.3, 0.4) is 0 Å². The highest BCUT2D eigenvalue weighted by atomic mass is 14.9. The van der Waals surface area contributed by atoms with E-state index in [0.29, 0.717) is 11.3 Å². The minimum atomic E-state index is 0.309. The molecule has 1 nitrogen and oxygen atoms in total. The molecule has 1 heteroatoms. The molecule has 0 aliphatic carbocycles. The Morgan fingerprint density at radius 2 is 1.67 bits per heavy atom. The molecule has 24 heavy (non-hydrogen) atoms. The Balaban J connectivity index is 2.50. The van der Waals surface area contributed by atoms with Crippen molar-refractivity contribution in [2.45, 2.75) is 66.7 Å². The second-order valence-corrected chi connectivity index (χ2v) is 8.36. The van der Waals surface area contributed by atoms with Crippen molar-refractivity contribution >= 4 is 0 Å². The molecule has 0 atom stereocenters. The SMILES string of the molecule is CCC(CC)c1ccc(C)c(-c2cc(CC(C)(C)C)cc[n+]2C)c1. The molecule has 0 fully saturated rings. The van der Waals surface area contributed by atoms with Crippen LogP contribution in [0.2, 0.25) is 0 Å². The lowest BCUT2D eigenvalue weighted by Crippen LogP contribution is -2.31. The summed E-state index contributed by atoms with van der Waals surface area (Å²) >= 11 is 0. The molecule has 0 aliphatic heterocycles. The third kappa shape index (κ3) is 4.47. The predicted molar refractivity (Wildman–Crippen MR) is 104 cm³/mol. The van der Waals surface area contributed by atoms with Crippen LogP contribution in [0.15, 0.2) is 36.5 Å². The van der Waals surface area contributed by atoms with Crippen molar-refractivity contribution < 1.29 is 4.57 Å². The zero-order valence-electron chi connectivity index (χ0n) is 16.6. The highest BCUT2D eigenvalue weighted by Crippen LogP contribution is 2.30. The zero-order valence-corrected chi connectivity index (χ0v) is 16.6. The summed E-state index contributed by atoms with van der Waals surface area (Å²) in [7, 11) is 2.15. The van der Waals surface area contributed by atoms with Crippen molar-refractivity contribution in [2.24, 2.45) is 12.5 Å². The molecular formula is C23H34N+. The Kier molecular flexibility index (Phi) is 5.85. The van der Waals surface area contributed by atoms with Crippen molar-refractivity contribution in [1.29, 1.82) is 0 Å². The molecule has 0 aliphatic rings. The smallest absolute Gasteiger partial charge is 0.201 e. The molecular weight excluding hydrogens is 290 g/mol. The Morgan fingerprint density at radius 3 is 2.25 bits per heavy atom. The fourth-order valence-corrected chi connectivity index (χ4v) is 3.53. The number of hydrogen-bond donors (Lipinski definition) is 0. The van der Waals surface area contributed by atoms with Gasteiger partial charge in [0.2, 0.25) is 5.69 Å². The van der Waals surface area contributed by atoms with Gasteiger partial charge in [-0.3, -0.25) is 0 Å². The van der Waals surface area contributed by atoms with Crippen molar-refractivity contribution in [3.05, 3.63) is 53.2 Å². The van der Waals surface area contributed by atoms with Crippen molar-refractivity contribution in [3.8, 4) is 11.3 Å². The quantitative estimate of drug-likeness (QED) is 0.596. The molecule has 0 amide bonds. The van der Waals surface area contributed by atoms with Crippen LogP contribution in [-0.4, -0.2) is 0 Å².